The SMILES string of the molecule is CN=C(NCCOc1ccccc1)NCCc1cccc2cccnc12.I. The Bertz CT molecular complexity index is 850. The molecule has 1 heterocycles. The molecule has 142 valence electrons. The molecule has 6 heteroatoms. The fourth-order valence-electron chi connectivity index (χ4n) is 2.76. The molecule has 0 aliphatic rings. The van der Waals surface area contributed by atoms with Crippen molar-refractivity contribution >= 4 is 40.8 Å². The van der Waals surface area contributed by atoms with Crippen LogP contribution in [0.5, 0.6) is 5.75 Å². The lowest BCUT2D eigenvalue weighted by Crippen LogP contribution is -2.40. The first-order valence-electron chi connectivity index (χ1n) is 8.82. The summed E-state index contributed by atoms with van der Waals surface area (Å²) in [5.41, 5.74) is 2.30. The summed E-state index contributed by atoms with van der Waals surface area (Å²) in [7, 11) is 1.77. The maximum atomic E-state index is 5.67. The van der Waals surface area contributed by atoms with Crippen molar-refractivity contribution in [2.45, 2.75) is 6.42 Å². The molecular formula is C21H25IN4O. The number of para-hydroxylation sites is 2. The smallest absolute Gasteiger partial charge is 0.191 e. The highest BCUT2D eigenvalue weighted by atomic mass is 127. The van der Waals surface area contributed by atoms with Crippen LogP contribution < -0.4 is 15.4 Å². The number of nitrogens with one attached hydrogen (secondary N) is 2. The van der Waals surface area contributed by atoms with Gasteiger partial charge >= 0.3 is 0 Å². The van der Waals surface area contributed by atoms with Crippen molar-refractivity contribution in [2.75, 3.05) is 26.7 Å². The Hall–Kier alpha value is -2.35. The van der Waals surface area contributed by atoms with E-state index in [9.17, 15) is 0 Å². The third-order valence-electron chi connectivity index (χ3n) is 4.03. The monoisotopic (exact) mass is 476 g/mol. The van der Waals surface area contributed by atoms with E-state index >= 15 is 0 Å². The Labute approximate surface area is 177 Å². The topological polar surface area (TPSA) is 58.5 Å². The molecule has 2 aromatic carbocycles. The molecule has 0 aliphatic heterocycles. The number of hydrogen-bond donors (Lipinski definition) is 2. The van der Waals surface area contributed by atoms with Gasteiger partial charge in [0.2, 0.25) is 0 Å². The molecular weight excluding hydrogens is 451 g/mol. The van der Waals surface area contributed by atoms with Gasteiger partial charge in [-0.15, -0.1) is 24.0 Å². The van der Waals surface area contributed by atoms with E-state index in [4.69, 9.17) is 4.74 Å². The highest BCUT2D eigenvalue weighted by Crippen LogP contribution is 2.15. The molecule has 3 rings (SSSR count). The third-order valence-corrected chi connectivity index (χ3v) is 4.03. The molecule has 0 unspecified atom stereocenters. The zero-order valence-electron chi connectivity index (χ0n) is 15.4. The van der Waals surface area contributed by atoms with Crippen LogP contribution >= 0.6 is 24.0 Å². The van der Waals surface area contributed by atoms with Crippen molar-refractivity contribution in [1.29, 1.82) is 0 Å². The number of rotatable bonds is 7. The van der Waals surface area contributed by atoms with Gasteiger partial charge in [0.1, 0.15) is 12.4 Å². The summed E-state index contributed by atoms with van der Waals surface area (Å²) >= 11 is 0. The van der Waals surface area contributed by atoms with Gasteiger partial charge in [0.05, 0.1) is 12.1 Å². The summed E-state index contributed by atoms with van der Waals surface area (Å²) in [5, 5.41) is 7.77. The average Bonchev–Trinajstić information content (AvgIpc) is 2.70. The van der Waals surface area contributed by atoms with Gasteiger partial charge in [-0.1, -0.05) is 42.5 Å². The summed E-state index contributed by atoms with van der Waals surface area (Å²) in [6.07, 6.45) is 2.72. The van der Waals surface area contributed by atoms with Crippen LogP contribution in [-0.4, -0.2) is 37.7 Å². The minimum Gasteiger partial charge on any atom is -0.492 e. The van der Waals surface area contributed by atoms with Crippen LogP contribution in [0, 0.1) is 0 Å². The summed E-state index contributed by atoms with van der Waals surface area (Å²) in [6, 6.07) is 20.1. The minimum absolute atomic E-state index is 0. The Morgan fingerprint density at radius 2 is 1.74 bits per heavy atom. The predicted molar refractivity (Wildman–Crippen MR) is 122 cm³/mol. The highest BCUT2D eigenvalue weighted by Gasteiger charge is 2.03. The molecule has 0 amide bonds. The van der Waals surface area contributed by atoms with Crippen LogP contribution in [0.25, 0.3) is 10.9 Å². The number of aliphatic imine (C=N–C) groups is 1. The number of nitrogens with zero attached hydrogens (tertiary/aromatic N) is 2. The highest BCUT2D eigenvalue weighted by molar-refractivity contribution is 14.0. The second-order valence-electron chi connectivity index (χ2n) is 5.83. The molecule has 2 N–H and O–H groups in total. The maximum Gasteiger partial charge on any atom is 0.191 e. The number of ether oxygens (including phenoxy) is 1. The average molecular weight is 476 g/mol. The van der Waals surface area contributed by atoms with E-state index in [2.05, 4.69) is 44.9 Å². The number of halogens is 1. The molecule has 5 nitrogen and oxygen atoms in total. The molecule has 0 bridgehead atoms. The largest absolute Gasteiger partial charge is 0.492 e. The first kappa shape index (κ1) is 21.0. The van der Waals surface area contributed by atoms with Gasteiger partial charge in [0, 0.05) is 25.2 Å². The summed E-state index contributed by atoms with van der Waals surface area (Å²) in [5.74, 6) is 1.65. The molecule has 0 saturated heterocycles. The van der Waals surface area contributed by atoms with Crippen LogP contribution in [0.4, 0.5) is 0 Å². The van der Waals surface area contributed by atoms with Gasteiger partial charge in [0.25, 0.3) is 0 Å². The zero-order valence-corrected chi connectivity index (χ0v) is 17.7. The number of guanidine groups is 1. The molecule has 0 aliphatic carbocycles. The fourth-order valence-corrected chi connectivity index (χ4v) is 2.76. The Morgan fingerprint density at radius 1 is 0.963 bits per heavy atom. The number of pyridine rings is 1. The van der Waals surface area contributed by atoms with E-state index in [-0.39, 0.29) is 24.0 Å². The van der Waals surface area contributed by atoms with E-state index < -0.39 is 0 Å². The lowest BCUT2D eigenvalue weighted by Gasteiger charge is -2.13. The van der Waals surface area contributed by atoms with Crippen LogP contribution in [0.2, 0.25) is 0 Å². The molecule has 1 aromatic heterocycles. The summed E-state index contributed by atoms with van der Waals surface area (Å²) in [4.78, 5) is 8.75. The number of fused-ring (bicyclic) bond motifs is 1. The van der Waals surface area contributed by atoms with Gasteiger partial charge in [0.15, 0.2) is 5.96 Å². The normalized spacial score (nSPS) is 10.9. The van der Waals surface area contributed by atoms with Crippen LogP contribution in [-0.2, 0) is 6.42 Å². The Kier molecular flexibility index (Phi) is 8.83. The van der Waals surface area contributed by atoms with Crippen LogP contribution in [0.15, 0.2) is 71.9 Å². The fraction of sp³-hybridized carbons (Fsp3) is 0.238. The molecule has 0 saturated carbocycles. The lowest BCUT2D eigenvalue weighted by atomic mass is 10.1. The van der Waals surface area contributed by atoms with E-state index in [1.807, 2.05) is 42.6 Å². The summed E-state index contributed by atoms with van der Waals surface area (Å²) < 4.78 is 5.67. The van der Waals surface area contributed by atoms with E-state index in [1.54, 1.807) is 7.05 Å². The van der Waals surface area contributed by atoms with Crippen molar-refractivity contribution in [2.24, 2.45) is 4.99 Å². The minimum atomic E-state index is 0. The molecule has 0 radical (unpaired) electrons. The van der Waals surface area contributed by atoms with Gasteiger partial charge in [-0.25, -0.2) is 0 Å². The quantitative estimate of drug-likeness (QED) is 0.237. The molecule has 0 atom stereocenters. The van der Waals surface area contributed by atoms with Crippen molar-refractivity contribution in [1.82, 2.24) is 15.6 Å². The van der Waals surface area contributed by atoms with E-state index in [0.29, 0.717) is 13.2 Å². The first-order valence-corrected chi connectivity index (χ1v) is 8.82. The lowest BCUT2D eigenvalue weighted by molar-refractivity contribution is 0.322. The standard InChI is InChI=1S/C21H24N4O.HI/c1-22-21(25-15-16-26-19-10-3-2-4-11-19)24-14-12-18-8-5-7-17-9-6-13-23-20(17)18;/h2-11,13H,12,14-16H2,1H3,(H2,22,24,25);1H. The molecule has 27 heavy (non-hydrogen) atoms. The van der Waals surface area contributed by atoms with Crippen molar-refractivity contribution in [3.63, 3.8) is 0 Å². The number of hydrogen-bond acceptors (Lipinski definition) is 3. The Balaban J connectivity index is 0.00000261. The Morgan fingerprint density at radius 3 is 2.56 bits per heavy atom. The molecule has 0 spiro atoms. The second kappa shape index (κ2) is 11.4. The summed E-state index contributed by atoms with van der Waals surface area (Å²) in [6.45, 7) is 2.05. The van der Waals surface area contributed by atoms with Crippen LogP contribution in [0.1, 0.15) is 5.56 Å². The maximum absolute atomic E-state index is 5.67. The third kappa shape index (κ3) is 6.39. The zero-order chi connectivity index (χ0) is 18.0. The van der Waals surface area contributed by atoms with E-state index in [1.165, 1.54) is 10.9 Å². The van der Waals surface area contributed by atoms with Gasteiger partial charge < -0.3 is 15.4 Å². The second-order valence-corrected chi connectivity index (χ2v) is 5.83. The van der Waals surface area contributed by atoms with Crippen molar-refractivity contribution in [3.05, 3.63) is 72.4 Å². The predicted octanol–water partition coefficient (Wildman–Crippen LogP) is 3.64. The molecule has 3 aromatic rings. The van der Waals surface area contributed by atoms with Gasteiger partial charge in [-0.3, -0.25) is 9.98 Å². The number of benzene rings is 2. The molecule has 0 fully saturated rings. The van der Waals surface area contributed by atoms with Gasteiger partial charge in [-0.2, -0.15) is 0 Å². The van der Waals surface area contributed by atoms with Crippen LogP contribution in [0.3, 0.4) is 0 Å². The van der Waals surface area contributed by atoms with Gasteiger partial charge in [-0.05, 0) is 30.2 Å². The van der Waals surface area contributed by atoms with Crippen molar-refractivity contribution < 1.29 is 4.74 Å². The first-order chi connectivity index (χ1) is 12.9. The van der Waals surface area contributed by atoms with E-state index in [0.717, 1.165) is 30.2 Å². The van der Waals surface area contributed by atoms with Crippen molar-refractivity contribution in [3.8, 4) is 5.75 Å². The number of aromatic nitrogens is 1.